The van der Waals surface area contributed by atoms with Gasteiger partial charge < -0.3 is 0 Å². The highest BCUT2D eigenvalue weighted by molar-refractivity contribution is 4.66. The van der Waals surface area contributed by atoms with E-state index in [1.807, 2.05) is 0 Å². The molecule has 0 saturated heterocycles. The van der Waals surface area contributed by atoms with Crippen LogP contribution in [0.15, 0.2) is 12.4 Å². The minimum atomic E-state index is -2.29. The van der Waals surface area contributed by atoms with Gasteiger partial charge in [0.15, 0.2) is 6.33 Å². The van der Waals surface area contributed by atoms with Crippen LogP contribution in [0.25, 0.3) is 0 Å². The van der Waals surface area contributed by atoms with Crippen molar-refractivity contribution >= 4 is 0 Å². The van der Waals surface area contributed by atoms with Crippen LogP contribution in [0.5, 0.6) is 0 Å². The second kappa shape index (κ2) is 8.42. The Morgan fingerprint density at radius 3 is 1.60 bits per heavy atom. The van der Waals surface area contributed by atoms with Gasteiger partial charge in [-0.3, -0.25) is 4.90 Å². The van der Waals surface area contributed by atoms with Crippen molar-refractivity contribution in [3.05, 3.63) is 12.4 Å². The van der Waals surface area contributed by atoms with Crippen LogP contribution in [0.4, 0.5) is 17.6 Å². The smallest absolute Gasteiger partial charge is 0.283 e. The van der Waals surface area contributed by atoms with Crippen molar-refractivity contribution < 1.29 is 17.6 Å². The summed E-state index contributed by atoms with van der Waals surface area (Å²) in [7, 11) is 3.36. The van der Waals surface area contributed by atoms with Crippen LogP contribution in [0.2, 0.25) is 0 Å². The van der Waals surface area contributed by atoms with Gasteiger partial charge in [-0.15, -0.1) is 0 Å². The number of alkyl halides is 1. The standard InChI is InChI=1S/C3H8FN.C2HF3/c1-5(2)3-4;3-1-2(4)5/h3H2,1-2H3;1H. The first-order valence-electron chi connectivity index (χ1n) is 2.36. The van der Waals surface area contributed by atoms with Crippen LogP contribution >= 0.6 is 0 Å². The molecule has 1 nitrogen and oxygen atoms in total. The highest BCUT2D eigenvalue weighted by Gasteiger charge is 1.78. The highest BCUT2D eigenvalue weighted by atomic mass is 19.3. The first-order valence-corrected chi connectivity index (χ1v) is 2.36. The molecule has 0 aliphatic rings. The molecule has 0 aromatic rings. The highest BCUT2D eigenvalue weighted by Crippen LogP contribution is 1.93. The van der Waals surface area contributed by atoms with Crippen molar-refractivity contribution in [2.75, 3.05) is 20.9 Å². The summed E-state index contributed by atoms with van der Waals surface area (Å²) in [4.78, 5) is 1.46. The van der Waals surface area contributed by atoms with Gasteiger partial charge in [-0.25, -0.2) is 8.78 Å². The Balaban J connectivity index is 0. The van der Waals surface area contributed by atoms with Gasteiger partial charge >= 0.3 is 0 Å². The van der Waals surface area contributed by atoms with Crippen molar-refractivity contribution in [1.29, 1.82) is 0 Å². The molecule has 5 heteroatoms. The van der Waals surface area contributed by atoms with E-state index in [1.54, 1.807) is 14.1 Å². The molecule has 0 spiro atoms. The van der Waals surface area contributed by atoms with Crippen molar-refractivity contribution in [2.45, 2.75) is 0 Å². The van der Waals surface area contributed by atoms with E-state index in [9.17, 15) is 17.6 Å². The van der Waals surface area contributed by atoms with Gasteiger partial charge in [-0.1, -0.05) is 0 Å². The number of hydrogen-bond donors (Lipinski definition) is 0. The van der Waals surface area contributed by atoms with Crippen molar-refractivity contribution in [1.82, 2.24) is 4.90 Å². The molecule has 0 radical (unpaired) electrons. The predicted octanol–water partition coefficient (Wildman–Crippen LogP) is 2.17. The largest absolute Gasteiger partial charge is 0.298 e. The molecule has 62 valence electrons. The van der Waals surface area contributed by atoms with E-state index in [0.717, 1.165) is 0 Å². The fraction of sp³-hybridized carbons (Fsp3) is 0.600. The zero-order chi connectivity index (χ0) is 8.57. The van der Waals surface area contributed by atoms with Gasteiger partial charge in [-0.05, 0) is 14.1 Å². The molecule has 0 aromatic heterocycles. The maximum Gasteiger partial charge on any atom is 0.298 e. The maximum atomic E-state index is 11.0. The Morgan fingerprint density at radius 2 is 1.60 bits per heavy atom. The second-order valence-corrected chi connectivity index (χ2v) is 1.60. The minimum absolute atomic E-state index is 0.361. The minimum Gasteiger partial charge on any atom is -0.283 e. The molecule has 0 heterocycles. The lowest BCUT2D eigenvalue weighted by Gasteiger charge is -1.96. The Labute approximate surface area is 56.9 Å². The molecule has 0 N–H and O–H groups in total. The molecule has 0 aromatic carbocycles. The molecular weight excluding hydrogens is 150 g/mol. The molecule has 10 heavy (non-hydrogen) atoms. The lowest BCUT2D eigenvalue weighted by Crippen LogP contribution is -2.07. The summed E-state index contributed by atoms with van der Waals surface area (Å²) >= 11 is 0. The van der Waals surface area contributed by atoms with Gasteiger partial charge in [0.1, 0.15) is 6.80 Å². The normalized spacial score (nSPS) is 8.30. The van der Waals surface area contributed by atoms with E-state index in [0.29, 0.717) is 0 Å². The number of rotatable bonds is 1. The second-order valence-electron chi connectivity index (χ2n) is 1.60. The zero-order valence-corrected chi connectivity index (χ0v) is 5.74. The van der Waals surface area contributed by atoms with Crippen molar-refractivity contribution in [2.24, 2.45) is 0 Å². The SMILES string of the molecule is CN(C)CF.FC=C(F)F. The van der Waals surface area contributed by atoms with Crippen LogP contribution in [0.1, 0.15) is 0 Å². The van der Waals surface area contributed by atoms with E-state index in [4.69, 9.17) is 0 Å². The molecular formula is C5H9F4N. The van der Waals surface area contributed by atoms with Crippen molar-refractivity contribution in [3.8, 4) is 0 Å². The number of hydrogen-bond acceptors (Lipinski definition) is 1. The fourth-order valence-electron chi connectivity index (χ4n) is 0. The third kappa shape index (κ3) is 26.1. The molecule has 0 rings (SSSR count). The van der Waals surface area contributed by atoms with Crippen molar-refractivity contribution in [3.63, 3.8) is 0 Å². The Hall–Kier alpha value is -0.580. The Morgan fingerprint density at radius 1 is 1.40 bits per heavy atom. The van der Waals surface area contributed by atoms with Crippen LogP contribution < -0.4 is 0 Å². The summed E-state index contributed by atoms with van der Waals surface area (Å²) in [6.45, 7) is -0.361. The van der Waals surface area contributed by atoms with E-state index in [-0.39, 0.29) is 6.80 Å². The third-order valence-electron chi connectivity index (χ3n) is 0.322. The Bertz CT molecular complexity index is 87.6. The quantitative estimate of drug-likeness (QED) is 0.418. The van der Waals surface area contributed by atoms with Crippen LogP contribution in [-0.4, -0.2) is 25.8 Å². The van der Waals surface area contributed by atoms with E-state index in [2.05, 4.69) is 0 Å². The van der Waals surface area contributed by atoms with Crippen LogP contribution in [-0.2, 0) is 0 Å². The average molecular weight is 159 g/mol. The monoisotopic (exact) mass is 159 g/mol. The first kappa shape index (κ1) is 12.1. The van der Waals surface area contributed by atoms with Gasteiger partial charge in [0.2, 0.25) is 0 Å². The Kier molecular flexibility index (Phi) is 10.2. The molecule has 0 unspecified atom stereocenters. The van der Waals surface area contributed by atoms with E-state index < -0.39 is 12.4 Å². The molecule has 0 aliphatic heterocycles. The molecule has 0 bridgehead atoms. The lowest BCUT2D eigenvalue weighted by atomic mass is 11.0. The number of halogens is 4. The van der Waals surface area contributed by atoms with Gasteiger partial charge in [0.25, 0.3) is 6.08 Å². The van der Waals surface area contributed by atoms with Gasteiger partial charge in [0, 0.05) is 0 Å². The zero-order valence-electron chi connectivity index (χ0n) is 5.74. The van der Waals surface area contributed by atoms with Gasteiger partial charge in [0.05, 0.1) is 0 Å². The first-order chi connectivity index (χ1) is 4.54. The number of nitrogens with zero attached hydrogens (tertiary/aromatic N) is 1. The molecule has 0 fully saturated rings. The van der Waals surface area contributed by atoms with Gasteiger partial charge in [-0.2, -0.15) is 8.78 Å². The lowest BCUT2D eigenvalue weighted by molar-refractivity contribution is 0.266. The molecule has 0 saturated carbocycles. The van der Waals surface area contributed by atoms with Crippen LogP contribution in [0.3, 0.4) is 0 Å². The molecule has 0 atom stereocenters. The fourth-order valence-corrected chi connectivity index (χ4v) is 0. The van der Waals surface area contributed by atoms with E-state index >= 15 is 0 Å². The van der Waals surface area contributed by atoms with E-state index in [1.165, 1.54) is 4.90 Å². The summed E-state index contributed by atoms with van der Waals surface area (Å²) in [5.41, 5.74) is 0. The summed E-state index contributed by atoms with van der Waals surface area (Å²) in [5.74, 6) is 0. The predicted molar refractivity (Wildman–Crippen MR) is 31.1 cm³/mol. The third-order valence-corrected chi connectivity index (χ3v) is 0.322. The summed E-state index contributed by atoms with van der Waals surface area (Å²) in [6, 6.07) is 0. The molecule has 0 amide bonds. The molecule has 0 aliphatic carbocycles. The average Bonchev–Trinajstić information content (AvgIpc) is 1.89. The summed E-state index contributed by atoms with van der Waals surface area (Å²) in [6.07, 6.45) is -3.04. The van der Waals surface area contributed by atoms with Crippen LogP contribution in [0, 0.1) is 0 Å². The maximum absolute atomic E-state index is 11.0. The topological polar surface area (TPSA) is 3.24 Å². The summed E-state index contributed by atoms with van der Waals surface area (Å²) in [5, 5.41) is 0. The summed E-state index contributed by atoms with van der Waals surface area (Å²) < 4.78 is 41.7.